The van der Waals surface area contributed by atoms with Gasteiger partial charge in [0.15, 0.2) is 6.61 Å². The number of aryl methyl sites for hydroxylation is 1. The Kier molecular flexibility index (Phi) is 7.66. The number of rotatable bonds is 8. The summed E-state index contributed by atoms with van der Waals surface area (Å²) in [6.07, 6.45) is -3.70. The highest BCUT2D eigenvalue weighted by Crippen LogP contribution is 2.32. The first-order valence-corrected chi connectivity index (χ1v) is 10.9. The number of carbonyl (C=O) groups excluding carboxylic acids is 2. The van der Waals surface area contributed by atoms with Gasteiger partial charge < -0.3 is 15.0 Å². The van der Waals surface area contributed by atoms with Gasteiger partial charge in [-0.25, -0.2) is 0 Å². The number of benzene rings is 1. The molecule has 0 aliphatic carbocycles. The minimum Gasteiger partial charge on any atom is -0.482 e. The summed E-state index contributed by atoms with van der Waals surface area (Å²) >= 11 is 0. The largest absolute Gasteiger partial charge is 0.482 e. The lowest BCUT2D eigenvalue weighted by Crippen LogP contribution is -2.47. The topological polar surface area (TPSA) is 65.1 Å². The van der Waals surface area contributed by atoms with Crippen molar-refractivity contribution in [2.24, 2.45) is 5.92 Å². The minimum absolute atomic E-state index is 0.134. The Morgan fingerprint density at radius 1 is 1.09 bits per heavy atom. The lowest BCUT2D eigenvalue weighted by atomic mass is 10.1. The fourth-order valence-corrected chi connectivity index (χ4v) is 4.29. The molecule has 2 amide bonds. The van der Waals surface area contributed by atoms with Gasteiger partial charge in [0.1, 0.15) is 5.75 Å². The van der Waals surface area contributed by atoms with Crippen molar-refractivity contribution < 1.29 is 27.5 Å². The highest BCUT2D eigenvalue weighted by atomic mass is 19.4. The zero-order valence-corrected chi connectivity index (χ0v) is 18.7. The molecule has 2 saturated heterocycles. The van der Waals surface area contributed by atoms with Gasteiger partial charge in [-0.05, 0) is 44.6 Å². The standard InChI is InChI=1S/C22H31F3N4O3/c1-15-5-6-18(32-14-22(23,24)25)17(13-15)28-11-9-27(10-12-28)7-4-8-29-20(30)16(2)19(26-3)21(29)31/h5-6,13,16,19,26H,4,7-12,14H2,1-3H3. The molecule has 10 heteroatoms. The number of anilines is 1. The minimum atomic E-state index is -4.38. The molecule has 2 heterocycles. The molecule has 1 aromatic rings. The number of amides is 2. The molecule has 0 aromatic heterocycles. The predicted molar refractivity (Wildman–Crippen MR) is 115 cm³/mol. The van der Waals surface area contributed by atoms with E-state index in [-0.39, 0.29) is 23.5 Å². The molecule has 0 bridgehead atoms. The van der Waals surface area contributed by atoms with E-state index in [1.54, 1.807) is 26.1 Å². The van der Waals surface area contributed by atoms with Crippen LogP contribution in [-0.4, -0.2) is 86.8 Å². The first kappa shape index (κ1) is 24.3. The Bertz CT molecular complexity index is 825. The van der Waals surface area contributed by atoms with E-state index in [1.165, 1.54) is 4.90 Å². The molecule has 178 valence electrons. The lowest BCUT2D eigenvalue weighted by Gasteiger charge is -2.37. The third kappa shape index (κ3) is 5.72. The molecule has 2 atom stereocenters. The number of hydrogen-bond acceptors (Lipinski definition) is 6. The zero-order valence-electron chi connectivity index (χ0n) is 18.7. The summed E-state index contributed by atoms with van der Waals surface area (Å²) in [6.45, 7) is 6.28. The Morgan fingerprint density at radius 3 is 2.38 bits per heavy atom. The van der Waals surface area contributed by atoms with Gasteiger partial charge in [-0.2, -0.15) is 13.2 Å². The highest BCUT2D eigenvalue weighted by molar-refractivity contribution is 6.06. The van der Waals surface area contributed by atoms with Gasteiger partial charge in [0.2, 0.25) is 11.8 Å². The summed E-state index contributed by atoms with van der Waals surface area (Å²) in [6, 6.07) is 4.73. The normalized spacial score (nSPS) is 22.7. The first-order chi connectivity index (χ1) is 15.1. The second-order valence-corrected chi connectivity index (χ2v) is 8.44. The van der Waals surface area contributed by atoms with Crippen molar-refractivity contribution in [2.75, 3.05) is 57.8 Å². The van der Waals surface area contributed by atoms with Crippen LogP contribution in [0.4, 0.5) is 18.9 Å². The quantitative estimate of drug-likeness (QED) is 0.604. The maximum absolute atomic E-state index is 12.6. The van der Waals surface area contributed by atoms with E-state index in [9.17, 15) is 22.8 Å². The first-order valence-electron chi connectivity index (χ1n) is 10.9. The van der Waals surface area contributed by atoms with Crippen molar-refractivity contribution in [2.45, 2.75) is 32.5 Å². The summed E-state index contributed by atoms with van der Waals surface area (Å²) in [4.78, 5) is 30.3. The van der Waals surface area contributed by atoms with Gasteiger partial charge in [-0.3, -0.25) is 19.4 Å². The maximum atomic E-state index is 12.6. The number of alkyl halides is 3. The summed E-state index contributed by atoms with van der Waals surface area (Å²) < 4.78 is 42.8. The summed E-state index contributed by atoms with van der Waals surface area (Å²) in [5.41, 5.74) is 1.63. The average Bonchev–Trinajstić information content (AvgIpc) is 2.95. The van der Waals surface area contributed by atoms with Gasteiger partial charge in [0.05, 0.1) is 17.6 Å². The van der Waals surface area contributed by atoms with Crippen LogP contribution in [0, 0.1) is 12.8 Å². The molecule has 32 heavy (non-hydrogen) atoms. The van der Waals surface area contributed by atoms with Crippen LogP contribution in [0.5, 0.6) is 5.75 Å². The van der Waals surface area contributed by atoms with Crippen LogP contribution >= 0.6 is 0 Å². The molecule has 2 unspecified atom stereocenters. The highest BCUT2D eigenvalue weighted by Gasteiger charge is 2.43. The predicted octanol–water partition coefficient (Wildman–Crippen LogP) is 2.04. The Morgan fingerprint density at radius 2 is 1.78 bits per heavy atom. The third-order valence-corrected chi connectivity index (χ3v) is 6.07. The van der Waals surface area contributed by atoms with Gasteiger partial charge in [-0.1, -0.05) is 13.0 Å². The smallest absolute Gasteiger partial charge is 0.422 e. The molecule has 0 spiro atoms. The van der Waals surface area contributed by atoms with Gasteiger partial charge in [-0.15, -0.1) is 0 Å². The van der Waals surface area contributed by atoms with Crippen molar-refractivity contribution >= 4 is 17.5 Å². The number of nitrogens with zero attached hydrogens (tertiary/aromatic N) is 3. The fraction of sp³-hybridized carbons (Fsp3) is 0.636. The Hall–Kier alpha value is -2.33. The van der Waals surface area contributed by atoms with Crippen molar-refractivity contribution in [1.29, 1.82) is 0 Å². The molecule has 2 aliphatic heterocycles. The number of imide groups is 1. The molecule has 0 saturated carbocycles. The molecule has 1 aromatic carbocycles. The molecule has 0 radical (unpaired) electrons. The number of carbonyl (C=O) groups is 2. The van der Waals surface area contributed by atoms with E-state index in [0.717, 1.165) is 25.2 Å². The number of hydrogen-bond donors (Lipinski definition) is 1. The van der Waals surface area contributed by atoms with Crippen molar-refractivity contribution in [1.82, 2.24) is 15.1 Å². The fourth-order valence-electron chi connectivity index (χ4n) is 4.29. The molecule has 7 nitrogen and oxygen atoms in total. The number of nitrogens with one attached hydrogen (secondary N) is 1. The monoisotopic (exact) mass is 456 g/mol. The molecular weight excluding hydrogens is 425 g/mol. The average molecular weight is 457 g/mol. The van der Waals surface area contributed by atoms with Crippen molar-refractivity contribution in [3.05, 3.63) is 23.8 Å². The Balaban J connectivity index is 1.50. The van der Waals surface area contributed by atoms with Crippen LogP contribution in [0.2, 0.25) is 0 Å². The number of ether oxygens (including phenoxy) is 1. The number of halogens is 3. The number of likely N-dealkylation sites (tertiary alicyclic amines) is 1. The van der Waals surface area contributed by atoms with Gasteiger partial charge in [0.25, 0.3) is 0 Å². The number of likely N-dealkylation sites (N-methyl/N-ethyl adjacent to an activating group) is 1. The Labute approximate surface area is 186 Å². The van der Waals surface area contributed by atoms with E-state index in [0.29, 0.717) is 31.7 Å². The maximum Gasteiger partial charge on any atom is 0.422 e. The summed E-state index contributed by atoms with van der Waals surface area (Å²) in [5, 5.41) is 2.91. The van der Waals surface area contributed by atoms with Crippen molar-refractivity contribution in [3.63, 3.8) is 0 Å². The summed E-state index contributed by atoms with van der Waals surface area (Å²) in [7, 11) is 1.68. The molecule has 1 N–H and O–H groups in total. The SMILES string of the molecule is CNC1C(=O)N(CCCN2CCN(c3cc(C)ccc3OCC(F)(F)F)CC2)C(=O)C1C. The molecular formula is C22H31F3N4O3. The lowest BCUT2D eigenvalue weighted by molar-refractivity contribution is -0.153. The van der Waals surface area contributed by atoms with E-state index in [4.69, 9.17) is 4.74 Å². The van der Waals surface area contributed by atoms with Crippen LogP contribution < -0.4 is 15.0 Å². The van der Waals surface area contributed by atoms with Crippen LogP contribution in [0.25, 0.3) is 0 Å². The van der Waals surface area contributed by atoms with Crippen LogP contribution in [-0.2, 0) is 9.59 Å². The molecule has 2 fully saturated rings. The van der Waals surface area contributed by atoms with Crippen molar-refractivity contribution in [3.8, 4) is 5.75 Å². The van der Waals surface area contributed by atoms with E-state index in [2.05, 4.69) is 10.2 Å². The van der Waals surface area contributed by atoms with E-state index < -0.39 is 18.8 Å². The molecule has 3 rings (SSSR count). The van der Waals surface area contributed by atoms with Crippen LogP contribution in [0.15, 0.2) is 18.2 Å². The van der Waals surface area contributed by atoms with E-state index >= 15 is 0 Å². The second kappa shape index (κ2) is 10.1. The second-order valence-electron chi connectivity index (χ2n) is 8.44. The van der Waals surface area contributed by atoms with Gasteiger partial charge >= 0.3 is 6.18 Å². The zero-order chi connectivity index (χ0) is 23.5. The third-order valence-electron chi connectivity index (χ3n) is 6.07. The van der Waals surface area contributed by atoms with E-state index in [1.807, 2.05) is 17.9 Å². The molecule has 2 aliphatic rings. The van der Waals surface area contributed by atoms with Gasteiger partial charge in [0, 0.05) is 32.7 Å². The van der Waals surface area contributed by atoms with Crippen LogP contribution in [0.1, 0.15) is 18.9 Å². The van der Waals surface area contributed by atoms with Crippen LogP contribution in [0.3, 0.4) is 0 Å². The summed E-state index contributed by atoms with van der Waals surface area (Å²) in [5.74, 6) is -0.412. The number of piperazine rings is 1.